The summed E-state index contributed by atoms with van der Waals surface area (Å²) in [6.45, 7) is 16.8. The van der Waals surface area contributed by atoms with E-state index in [9.17, 15) is 4.39 Å². The van der Waals surface area contributed by atoms with E-state index in [1.54, 1.807) is 0 Å². The zero-order valence-electron chi connectivity index (χ0n) is 15.1. The van der Waals surface area contributed by atoms with Gasteiger partial charge in [0.05, 0.1) is 11.2 Å². The summed E-state index contributed by atoms with van der Waals surface area (Å²) in [6, 6.07) is 5.77. The maximum atomic E-state index is 14.9. The molecular formula is C19H30FNO. The van der Waals surface area contributed by atoms with Crippen LogP contribution in [0.3, 0.4) is 0 Å². The lowest BCUT2D eigenvalue weighted by Crippen LogP contribution is -2.56. The van der Waals surface area contributed by atoms with Crippen molar-refractivity contribution in [3.05, 3.63) is 35.1 Å². The molecule has 0 aliphatic carbocycles. The molecule has 0 N–H and O–H groups in total. The number of ether oxygens (including phenoxy) is 1. The maximum Gasteiger partial charge on any atom is 0.131 e. The number of rotatable bonds is 2. The summed E-state index contributed by atoms with van der Waals surface area (Å²) in [5, 5.41) is 0. The second-order valence-electron chi connectivity index (χ2n) is 8.80. The number of hydrogen-bond donors (Lipinski definition) is 0. The van der Waals surface area contributed by atoms with Gasteiger partial charge in [0.1, 0.15) is 5.82 Å². The van der Waals surface area contributed by atoms with E-state index in [1.165, 1.54) is 0 Å². The Bertz CT molecular complexity index is 527. The molecule has 1 saturated heterocycles. The zero-order valence-corrected chi connectivity index (χ0v) is 15.1. The van der Waals surface area contributed by atoms with E-state index in [1.807, 2.05) is 18.2 Å². The van der Waals surface area contributed by atoms with E-state index in [4.69, 9.17) is 4.74 Å². The average Bonchev–Trinajstić information content (AvgIpc) is 2.26. The molecule has 2 rings (SSSR count). The zero-order chi connectivity index (χ0) is 16.8. The molecule has 1 fully saturated rings. The molecule has 124 valence electrons. The Morgan fingerprint density at radius 2 is 1.64 bits per heavy atom. The van der Waals surface area contributed by atoms with Crippen molar-refractivity contribution >= 4 is 0 Å². The number of nitrogens with zero attached hydrogens (tertiary/aromatic N) is 1. The first kappa shape index (κ1) is 17.4. The van der Waals surface area contributed by atoms with Gasteiger partial charge in [-0.15, -0.1) is 0 Å². The first-order valence-electron chi connectivity index (χ1n) is 8.10. The van der Waals surface area contributed by atoms with Crippen molar-refractivity contribution < 1.29 is 9.13 Å². The summed E-state index contributed by atoms with van der Waals surface area (Å²) < 4.78 is 21.0. The van der Waals surface area contributed by atoms with E-state index in [-0.39, 0.29) is 22.4 Å². The van der Waals surface area contributed by atoms with Crippen molar-refractivity contribution in [2.75, 3.05) is 13.1 Å². The van der Waals surface area contributed by atoms with Gasteiger partial charge in [0, 0.05) is 25.2 Å². The maximum absolute atomic E-state index is 14.9. The van der Waals surface area contributed by atoms with Crippen LogP contribution in [0.15, 0.2) is 18.2 Å². The fourth-order valence-corrected chi connectivity index (χ4v) is 3.58. The number of morpholine rings is 1. The molecule has 0 aromatic heterocycles. The Morgan fingerprint density at radius 1 is 1.09 bits per heavy atom. The average molecular weight is 307 g/mol. The number of hydrogen-bond acceptors (Lipinski definition) is 2. The second-order valence-corrected chi connectivity index (χ2v) is 8.80. The van der Waals surface area contributed by atoms with Gasteiger partial charge in [-0.2, -0.15) is 0 Å². The minimum atomic E-state index is -0.208. The molecule has 1 aromatic carbocycles. The predicted molar refractivity (Wildman–Crippen MR) is 89.6 cm³/mol. The highest BCUT2D eigenvalue weighted by atomic mass is 19.1. The minimum Gasteiger partial charge on any atom is -0.367 e. The predicted octanol–water partition coefficient (Wildman–Crippen LogP) is 4.51. The van der Waals surface area contributed by atoms with Crippen molar-refractivity contribution in [3.8, 4) is 0 Å². The van der Waals surface area contributed by atoms with Gasteiger partial charge in [-0.3, -0.25) is 4.90 Å². The fraction of sp³-hybridized carbons (Fsp3) is 0.684. The Balaban J connectivity index is 2.24. The normalized spacial score (nSPS) is 21.8. The van der Waals surface area contributed by atoms with Gasteiger partial charge in [-0.25, -0.2) is 4.39 Å². The fourth-order valence-electron chi connectivity index (χ4n) is 3.58. The van der Waals surface area contributed by atoms with E-state index < -0.39 is 0 Å². The van der Waals surface area contributed by atoms with Crippen molar-refractivity contribution in [1.29, 1.82) is 0 Å². The van der Waals surface area contributed by atoms with Gasteiger partial charge in [0.15, 0.2) is 0 Å². The smallest absolute Gasteiger partial charge is 0.131 e. The molecule has 0 spiro atoms. The van der Waals surface area contributed by atoms with Gasteiger partial charge in [0.25, 0.3) is 0 Å². The molecular weight excluding hydrogens is 277 g/mol. The largest absolute Gasteiger partial charge is 0.367 e. The molecule has 0 bridgehead atoms. The van der Waals surface area contributed by atoms with Gasteiger partial charge in [-0.05, 0) is 38.7 Å². The molecule has 0 unspecified atom stereocenters. The Hall–Kier alpha value is -0.930. The molecule has 0 radical (unpaired) electrons. The van der Waals surface area contributed by atoms with Crippen LogP contribution in [-0.2, 0) is 16.7 Å². The van der Waals surface area contributed by atoms with Crippen molar-refractivity contribution in [2.24, 2.45) is 0 Å². The molecule has 22 heavy (non-hydrogen) atoms. The van der Waals surface area contributed by atoms with Crippen LogP contribution in [0.25, 0.3) is 0 Å². The molecule has 0 saturated carbocycles. The van der Waals surface area contributed by atoms with Crippen molar-refractivity contribution in [3.63, 3.8) is 0 Å². The lowest BCUT2D eigenvalue weighted by atomic mass is 9.85. The van der Waals surface area contributed by atoms with Gasteiger partial charge < -0.3 is 4.74 Å². The Morgan fingerprint density at radius 3 is 2.14 bits per heavy atom. The van der Waals surface area contributed by atoms with Crippen LogP contribution in [0.4, 0.5) is 4.39 Å². The topological polar surface area (TPSA) is 12.5 Å². The van der Waals surface area contributed by atoms with Gasteiger partial charge >= 0.3 is 0 Å². The van der Waals surface area contributed by atoms with Gasteiger partial charge in [-0.1, -0.05) is 39.0 Å². The van der Waals surface area contributed by atoms with E-state index >= 15 is 0 Å². The molecule has 0 atom stereocenters. The van der Waals surface area contributed by atoms with Crippen LogP contribution in [-0.4, -0.2) is 29.2 Å². The van der Waals surface area contributed by atoms with E-state index in [0.29, 0.717) is 6.54 Å². The van der Waals surface area contributed by atoms with Crippen molar-refractivity contribution in [1.82, 2.24) is 4.90 Å². The van der Waals surface area contributed by atoms with Crippen LogP contribution < -0.4 is 0 Å². The van der Waals surface area contributed by atoms with Crippen LogP contribution in [0.5, 0.6) is 0 Å². The van der Waals surface area contributed by atoms with Crippen LogP contribution >= 0.6 is 0 Å². The lowest BCUT2D eigenvalue weighted by Gasteiger charge is -2.47. The van der Waals surface area contributed by atoms with Gasteiger partial charge in [0.2, 0.25) is 0 Å². The third kappa shape index (κ3) is 4.08. The van der Waals surface area contributed by atoms with E-state index in [0.717, 1.165) is 24.2 Å². The Kier molecular flexibility index (Phi) is 4.44. The highest BCUT2D eigenvalue weighted by molar-refractivity contribution is 5.31. The minimum absolute atomic E-state index is 0.0582. The summed E-state index contributed by atoms with van der Waals surface area (Å²) in [4.78, 5) is 2.30. The van der Waals surface area contributed by atoms with Crippen molar-refractivity contribution in [2.45, 2.75) is 71.6 Å². The highest BCUT2D eigenvalue weighted by Gasteiger charge is 2.38. The van der Waals surface area contributed by atoms with Crippen LogP contribution in [0.2, 0.25) is 0 Å². The monoisotopic (exact) mass is 307 g/mol. The molecule has 1 heterocycles. The summed E-state index contributed by atoms with van der Waals surface area (Å²) >= 11 is 0. The Labute approximate surface area is 134 Å². The number of benzene rings is 1. The summed E-state index contributed by atoms with van der Waals surface area (Å²) in [5.74, 6) is -0.0582. The van der Waals surface area contributed by atoms with E-state index in [2.05, 4.69) is 53.4 Å². The third-order valence-corrected chi connectivity index (χ3v) is 4.04. The quantitative estimate of drug-likeness (QED) is 0.797. The standard InChI is InChI=1S/C19H30FNO/c1-17(2,3)15-10-8-9-14(16(15)20)11-21-12-18(4,5)22-19(6,7)13-21/h8-10H,11-13H2,1-7H3. The molecule has 1 aliphatic rings. The molecule has 1 aliphatic heterocycles. The first-order chi connectivity index (χ1) is 9.90. The second kappa shape index (κ2) is 5.61. The van der Waals surface area contributed by atoms with Crippen LogP contribution in [0, 0.1) is 5.82 Å². The summed E-state index contributed by atoms with van der Waals surface area (Å²) in [5.41, 5.74) is 0.973. The lowest BCUT2D eigenvalue weighted by molar-refractivity contribution is -0.182. The highest BCUT2D eigenvalue weighted by Crippen LogP contribution is 2.31. The molecule has 2 nitrogen and oxygen atoms in total. The van der Waals surface area contributed by atoms with Crippen LogP contribution in [0.1, 0.15) is 59.6 Å². The summed E-state index contributed by atoms with van der Waals surface area (Å²) in [7, 11) is 0. The third-order valence-electron chi connectivity index (χ3n) is 4.04. The number of halogens is 1. The summed E-state index contributed by atoms with van der Waals surface area (Å²) in [6.07, 6.45) is 0. The molecule has 3 heteroatoms. The molecule has 0 amide bonds. The SMILES string of the molecule is CC1(C)CN(Cc2cccc(C(C)(C)C)c2F)CC(C)(C)O1. The molecule has 1 aromatic rings. The first-order valence-corrected chi connectivity index (χ1v) is 8.10.